The molecule has 0 aliphatic heterocycles. The first kappa shape index (κ1) is 5.81. The van der Waals surface area contributed by atoms with E-state index in [0.29, 0.717) is 11.5 Å². The summed E-state index contributed by atoms with van der Waals surface area (Å²) in [6.45, 7) is 1.79. The predicted molar refractivity (Wildman–Crippen MR) is 37.7 cm³/mol. The third-order valence-corrected chi connectivity index (χ3v) is 1.11. The zero-order chi connectivity index (χ0) is 6.85. The first-order valence-electron chi connectivity index (χ1n) is 2.54. The first-order chi connectivity index (χ1) is 4.22. The molecule has 0 spiro atoms. The predicted octanol–water partition coefficient (Wildman–Crippen LogP) is 0.195. The van der Waals surface area contributed by atoms with Gasteiger partial charge in [0.1, 0.15) is 12.1 Å². The molecule has 0 aliphatic rings. The molecule has 0 fully saturated rings. The number of aryl methyl sites for hydroxylation is 1. The van der Waals surface area contributed by atoms with E-state index in [1.807, 2.05) is 0 Å². The molecule has 50 valence electrons. The van der Waals surface area contributed by atoms with Gasteiger partial charge in [-0.1, -0.05) is 0 Å². The number of anilines is 2. The van der Waals surface area contributed by atoms with E-state index in [9.17, 15) is 0 Å². The van der Waals surface area contributed by atoms with Crippen molar-refractivity contribution in [3.63, 3.8) is 0 Å². The highest BCUT2D eigenvalue weighted by Gasteiger charge is 1.96. The monoisotopic (exact) mass is 126 g/mol. The largest absolute Gasteiger partial charge is 0.394 e. The molecule has 0 bridgehead atoms. The molecule has 1 rings (SSSR count). The molecule has 0 radical (unpaired) electrons. The molecule has 0 aliphatic carbocycles. The molecule has 4 heteroatoms. The number of nitrogen functional groups attached to an aromatic ring is 2. The maximum absolute atomic E-state index is 5.43. The SMILES string of the molecule is Cc1ncnc(N)c1N.[HH]. The highest BCUT2D eigenvalue weighted by molar-refractivity contribution is 5.59. The van der Waals surface area contributed by atoms with E-state index in [4.69, 9.17) is 11.5 Å². The van der Waals surface area contributed by atoms with Crippen LogP contribution < -0.4 is 11.5 Å². The minimum Gasteiger partial charge on any atom is -0.394 e. The molecule has 4 nitrogen and oxygen atoms in total. The van der Waals surface area contributed by atoms with Crippen molar-refractivity contribution in [1.82, 2.24) is 9.97 Å². The fourth-order valence-electron chi connectivity index (χ4n) is 0.502. The quantitative estimate of drug-likeness (QED) is 0.520. The maximum Gasteiger partial charge on any atom is 0.150 e. The van der Waals surface area contributed by atoms with Crippen molar-refractivity contribution in [3.8, 4) is 0 Å². The molecule has 1 heterocycles. The molecule has 0 amide bonds. The van der Waals surface area contributed by atoms with Gasteiger partial charge in [-0.3, -0.25) is 0 Å². The minimum atomic E-state index is 0. The lowest BCUT2D eigenvalue weighted by atomic mass is 10.4. The Morgan fingerprint density at radius 2 is 2.11 bits per heavy atom. The van der Waals surface area contributed by atoms with Crippen molar-refractivity contribution < 1.29 is 1.43 Å². The zero-order valence-corrected chi connectivity index (χ0v) is 5.13. The number of nitrogens with two attached hydrogens (primary N) is 2. The summed E-state index contributed by atoms with van der Waals surface area (Å²) in [5.74, 6) is 0.350. The summed E-state index contributed by atoms with van der Waals surface area (Å²) in [5.41, 5.74) is 12.0. The molecule has 1 aromatic rings. The van der Waals surface area contributed by atoms with Crippen molar-refractivity contribution in [2.75, 3.05) is 11.5 Å². The minimum absolute atomic E-state index is 0. The Labute approximate surface area is 54.4 Å². The van der Waals surface area contributed by atoms with E-state index in [1.165, 1.54) is 6.33 Å². The normalized spacial score (nSPS) is 9.44. The Kier molecular flexibility index (Phi) is 1.22. The Morgan fingerprint density at radius 1 is 1.44 bits per heavy atom. The summed E-state index contributed by atoms with van der Waals surface area (Å²) in [5, 5.41) is 0. The number of hydrogen-bond donors (Lipinski definition) is 2. The van der Waals surface area contributed by atoms with Gasteiger partial charge in [0.15, 0.2) is 0 Å². The highest BCUT2D eigenvalue weighted by Crippen LogP contribution is 2.11. The van der Waals surface area contributed by atoms with Crippen LogP contribution in [0.2, 0.25) is 0 Å². The maximum atomic E-state index is 5.43. The van der Waals surface area contributed by atoms with Gasteiger partial charge in [0.05, 0.1) is 11.4 Å². The van der Waals surface area contributed by atoms with Crippen LogP contribution in [0.4, 0.5) is 11.5 Å². The topological polar surface area (TPSA) is 77.8 Å². The van der Waals surface area contributed by atoms with Crippen LogP contribution in [-0.4, -0.2) is 9.97 Å². The lowest BCUT2D eigenvalue weighted by Gasteiger charge is -1.98. The van der Waals surface area contributed by atoms with Gasteiger partial charge in [-0.25, -0.2) is 9.97 Å². The van der Waals surface area contributed by atoms with Crippen LogP contribution in [0.15, 0.2) is 6.33 Å². The van der Waals surface area contributed by atoms with E-state index >= 15 is 0 Å². The van der Waals surface area contributed by atoms with E-state index in [2.05, 4.69) is 9.97 Å². The Morgan fingerprint density at radius 3 is 2.56 bits per heavy atom. The average Bonchev–Trinajstić information content (AvgIpc) is 1.83. The Bertz CT molecular complexity index is 205. The second kappa shape index (κ2) is 1.89. The van der Waals surface area contributed by atoms with Crippen LogP contribution >= 0.6 is 0 Å². The molecule has 0 atom stereocenters. The fraction of sp³-hybridized carbons (Fsp3) is 0.200. The van der Waals surface area contributed by atoms with Crippen LogP contribution in [0.1, 0.15) is 7.12 Å². The van der Waals surface area contributed by atoms with E-state index in [1.54, 1.807) is 6.92 Å². The Hall–Kier alpha value is -1.32. The molecule has 0 aromatic carbocycles. The third kappa shape index (κ3) is 0.910. The molecular weight excluding hydrogens is 116 g/mol. The number of hydrogen-bond acceptors (Lipinski definition) is 4. The van der Waals surface area contributed by atoms with Crippen molar-refractivity contribution in [2.24, 2.45) is 0 Å². The van der Waals surface area contributed by atoms with E-state index in [0.717, 1.165) is 5.69 Å². The second-order valence-corrected chi connectivity index (χ2v) is 1.76. The summed E-state index contributed by atoms with van der Waals surface area (Å²) in [6, 6.07) is 0. The third-order valence-electron chi connectivity index (χ3n) is 1.11. The lowest BCUT2D eigenvalue weighted by Crippen LogP contribution is -2.01. The van der Waals surface area contributed by atoms with E-state index in [-0.39, 0.29) is 1.43 Å². The molecule has 1 aromatic heterocycles. The van der Waals surface area contributed by atoms with Gasteiger partial charge in [-0.15, -0.1) is 0 Å². The molecular formula is C5H10N4. The zero-order valence-electron chi connectivity index (χ0n) is 5.13. The molecule has 9 heavy (non-hydrogen) atoms. The highest BCUT2D eigenvalue weighted by atomic mass is 14.9. The summed E-state index contributed by atoms with van der Waals surface area (Å²) in [4.78, 5) is 7.50. The van der Waals surface area contributed by atoms with Gasteiger partial charge in [-0.05, 0) is 6.92 Å². The average molecular weight is 126 g/mol. The van der Waals surface area contributed by atoms with Crippen LogP contribution in [0, 0.1) is 6.92 Å². The first-order valence-corrected chi connectivity index (χ1v) is 2.54. The van der Waals surface area contributed by atoms with Crippen molar-refractivity contribution in [3.05, 3.63) is 12.0 Å². The van der Waals surface area contributed by atoms with Crippen LogP contribution in [0.3, 0.4) is 0 Å². The Balaban J connectivity index is 0.000000810. The van der Waals surface area contributed by atoms with E-state index < -0.39 is 0 Å². The van der Waals surface area contributed by atoms with Crippen LogP contribution in [0.25, 0.3) is 0 Å². The second-order valence-electron chi connectivity index (χ2n) is 1.76. The van der Waals surface area contributed by atoms with Gasteiger partial charge in [0.2, 0.25) is 0 Å². The number of rotatable bonds is 0. The van der Waals surface area contributed by atoms with Crippen molar-refractivity contribution in [1.29, 1.82) is 0 Å². The smallest absolute Gasteiger partial charge is 0.150 e. The summed E-state index contributed by atoms with van der Waals surface area (Å²) >= 11 is 0. The van der Waals surface area contributed by atoms with Gasteiger partial charge in [0.25, 0.3) is 0 Å². The molecule has 0 unspecified atom stereocenters. The molecule has 0 saturated heterocycles. The number of nitrogens with zero attached hydrogens (tertiary/aromatic N) is 2. The fourth-order valence-corrected chi connectivity index (χ4v) is 0.502. The van der Waals surface area contributed by atoms with Crippen LogP contribution in [-0.2, 0) is 0 Å². The van der Waals surface area contributed by atoms with Crippen LogP contribution in [0.5, 0.6) is 0 Å². The molecule has 0 saturated carbocycles. The number of aromatic nitrogens is 2. The van der Waals surface area contributed by atoms with Gasteiger partial charge in [0, 0.05) is 1.43 Å². The van der Waals surface area contributed by atoms with Crippen molar-refractivity contribution in [2.45, 2.75) is 6.92 Å². The van der Waals surface area contributed by atoms with Gasteiger partial charge >= 0.3 is 0 Å². The van der Waals surface area contributed by atoms with Crippen molar-refractivity contribution >= 4 is 11.5 Å². The molecule has 4 N–H and O–H groups in total. The summed E-state index contributed by atoms with van der Waals surface area (Å²) in [6.07, 6.45) is 1.39. The standard InChI is InChI=1S/C5H8N4.H2/c1-3-4(6)5(7)9-2-8-3;/h2H,6H2,1H3,(H2,7,8,9);1H. The summed E-state index contributed by atoms with van der Waals surface area (Å²) < 4.78 is 0. The summed E-state index contributed by atoms with van der Waals surface area (Å²) in [7, 11) is 0. The van der Waals surface area contributed by atoms with Gasteiger partial charge < -0.3 is 11.5 Å². The van der Waals surface area contributed by atoms with Gasteiger partial charge in [-0.2, -0.15) is 0 Å². The lowest BCUT2D eigenvalue weighted by molar-refractivity contribution is 1.12.